The predicted octanol–water partition coefficient (Wildman–Crippen LogP) is 2.49. The van der Waals surface area contributed by atoms with Crippen LogP contribution in [-0.2, 0) is 9.53 Å². The van der Waals surface area contributed by atoms with E-state index in [9.17, 15) is 14.0 Å². The highest BCUT2D eigenvalue weighted by Crippen LogP contribution is 2.15. The van der Waals surface area contributed by atoms with Gasteiger partial charge in [0.1, 0.15) is 5.82 Å². The Morgan fingerprint density at radius 1 is 1.44 bits per heavy atom. The van der Waals surface area contributed by atoms with Gasteiger partial charge in [0.15, 0.2) is 0 Å². The number of carboxylic acids is 1. The van der Waals surface area contributed by atoms with Crippen LogP contribution in [0.1, 0.15) is 29.3 Å². The van der Waals surface area contributed by atoms with E-state index in [0.29, 0.717) is 5.56 Å². The van der Waals surface area contributed by atoms with Gasteiger partial charge in [0.05, 0.1) is 18.6 Å². The third-order valence-electron chi connectivity index (χ3n) is 2.10. The van der Waals surface area contributed by atoms with Gasteiger partial charge < -0.3 is 9.84 Å². The number of benzene rings is 1. The van der Waals surface area contributed by atoms with E-state index in [-0.39, 0.29) is 18.6 Å². The summed E-state index contributed by atoms with van der Waals surface area (Å²) in [5.41, 5.74) is 0.509. The van der Waals surface area contributed by atoms with E-state index in [1.807, 2.05) is 0 Å². The van der Waals surface area contributed by atoms with Crippen molar-refractivity contribution in [2.24, 2.45) is 0 Å². The molecule has 18 heavy (non-hydrogen) atoms. The number of hydrogen-bond acceptors (Lipinski definition) is 3. The number of rotatable bonds is 5. The Morgan fingerprint density at radius 3 is 2.78 bits per heavy atom. The molecule has 1 aromatic carbocycles. The summed E-state index contributed by atoms with van der Waals surface area (Å²) in [5, 5.41) is 8.49. The Kier molecular flexibility index (Phi) is 5.05. The summed E-state index contributed by atoms with van der Waals surface area (Å²) in [6.07, 6.45) is 2.54. The molecule has 0 bridgehead atoms. The van der Waals surface area contributed by atoms with Crippen molar-refractivity contribution in [3.8, 4) is 0 Å². The van der Waals surface area contributed by atoms with Crippen LogP contribution in [0.5, 0.6) is 0 Å². The molecule has 0 amide bonds. The lowest BCUT2D eigenvalue weighted by molar-refractivity contribution is -0.135. The van der Waals surface area contributed by atoms with Crippen LogP contribution in [0.25, 0.3) is 6.08 Å². The molecule has 4 nitrogen and oxygen atoms in total. The first-order valence-corrected chi connectivity index (χ1v) is 5.39. The van der Waals surface area contributed by atoms with Crippen LogP contribution in [0.4, 0.5) is 4.39 Å². The van der Waals surface area contributed by atoms with E-state index in [1.54, 1.807) is 6.92 Å². The topological polar surface area (TPSA) is 63.6 Å². The molecular formula is C13H13FO4. The van der Waals surface area contributed by atoms with Crippen molar-refractivity contribution >= 4 is 18.0 Å². The normalized spacial score (nSPS) is 10.6. The highest BCUT2D eigenvalue weighted by molar-refractivity contribution is 5.93. The SMILES string of the molecule is CCOC(=O)c1ccc(F)cc1C=CCC(=O)O. The second kappa shape index (κ2) is 6.54. The molecule has 0 saturated carbocycles. The fourth-order valence-electron chi connectivity index (χ4n) is 1.35. The summed E-state index contributed by atoms with van der Waals surface area (Å²) in [4.78, 5) is 21.9. The van der Waals surface area contributed by atoms with Crippen LogP contribution < -0.4 is 0 Å². The van der Waals surface area contributed by atoms with Crippen LogP contribution in [-0.4, -0.2) is 23.7 Å². The molecule has 0 saturated heterocycles. The lowest BCUT2D eigenvalue weighted by Gasteiger charge is -2.05. The van der Waals surface area contributed by atoms with Crippen molar-refractivity contribution in [3.63, 3.8) is 0 Å². The van der Waals surface area contributed by atoms with Gasteiger partial charge in [-0.15, -0.1) is 0 Å². The monoisotopic (exact) mass is 252 g/mol. The minimum absolute atomic E-state index is 0.196. The number of carbonyl (C=O) groups is 2. The zero-order valence-corrected chi connectivity index (χ0v) is 9.85. The molecule has 96 valence electrons. The van der Waals surface area contributed by atoms with Gasteiger partial charge >= 0.3 is 11.9 Å². The Labute approximate surface area is 104 Å². The molecule has 1 N–H and O–H groups in total. The minimum atomic E-state index is -1.000. The summed E-state index contributed by atoms with van der Waals surface area (Å²) in [6.45, 7) is 1.88. The van der Waals surface area contributed by atoms with Gasteiger partial charge in [-0.25, -0.2) is 9.18 Å². The lowest BCUT2D eigenvalue weighted by Crippen LogP contribution is -2.06. The zero-order valence-electron chi connectivity index (χ0n) is 9.85. The van der Waals surface area contributed by atoms with E-state index in [0.717, 1.165) is 12.1 Å². The molecule has 0 unspecified atom stereocenters. The number of ether oxygens (including phenoxy) is 1. The minimum Gasteiger partial charge on any atom is -0.481 e. The van der Waals surface area contributed by atoms with Crippen molar-refractivity contribution < 1.29 is 23.8 Å². The number of hydrogen-bond donors (Lipinski definition) is 1. The molecule has 0 fully saturated rings. The third kappa shape index (κ3) is 4.01. The highest BCUT2D eigenvalue weighted by Gasteiger charge is 2.11. The zero-order chi connectivity index (χ0) is 13.5. The largest absolute Gasteiger partial charge is 0.481 e. The fourth-order valence-corrected chi connectivity index (χ4v) is 1.35. The molecular weight excluding hydrogens is 239 g/mol. The molecule has 0 aliphatic rings. The van der Waals surface area contributed by atoms with Crippen LogP contribution in [0, 0.1) is 5.82 Å². The number of halogens is 1. The lowest BCUT2D eigenvalue weighted by atomic mass is 10.1. The second-order valence-corrected chi connectivity index (χ2v) is 3.45. The molecule has 0 atom stereocenters. The maximum absolute atomic E-state index is 13.1. The van der Waals surface area contributed by atoms with Crippen molar-refractivity contribution in [2.45, 2.75) is 13.3 Å². The molecule has 5 heteroatoms. The smallest absolute Gasteiger partial charge is 0.338 e. The van der Waals surface area contributed by atoms with Crippen LogP contribution in [0.3, 0.4) is 0 Å². The Bertz CT molecular complexity index is 480. The van der Waals surface area contributed by atoms with Crippen molar-refractivity contribution in [1.29, 1.82) is 0 Å². The summed E-state index contributed by atoms with van der Waals surface area (Å²) in [7, 11) is 0. The summed E-state index contributed by atoms with van der Waals surface area (Å²) in [5.74, 6) is -2.06. The molecule has 0 spiro atoms. The van der Waals surface area contributed by atoms with E-state index >= 15 is 0 Å². The molecule has 0 radical (unpaired) electrons. The first-order valence-electron chi connectivity index (χ1n) is 5.39. The maximum Gasteiger partial charge on any atom is 0.338 e. The molecule has 0 aromatic heterocycles. The Balaban J connectivity index is 3.00. The average Bonchev–Trinajstić information content (AvgIpc) is 2.29. The van der Waals surface area contributed by atoms with Crippen LogP contribution in [0.15, 0.2) is 24.3 Å². The maximum atomic E-state index is 13.1. The molecule has 0 aliphatic carbocycles. The third-order valence-corrected chi connectivity index (χ3v) is 2.10. The van der Waals surface area contributed by atoms with Gasteiger partial charge in [-0.05, 0) is 30.7 Å². The fraction of sp³-hybridized carbons (Fsp3) is 0.231. The van der Waals surface area contributed by atoms with Gasteiger partial charge in [-0.3, -0.25) is 4.79 Å². The Morgan fingerprint density at radius 2 is 2.17 bits per heavy atom. The van der Waals surface area contributed by atoms with Crippen LogP contribution in [0.2, 0.25) is 0 Å². The summed E-state index contributed by atoms with van der Waals surface area (Å²) < 4.78 is 17.9. The summed E-state index contributed by atoms with van der Waals surface area (Å²) in [6, 6.07) is 3.62. The molecule has 0 heterocycles. The van der Waals surface area contributed by atoms with Crippen LogP contribution >= 0.6 is 0 Å². The number of esters is 1. The van der Waals surface area contributed by atoms with E-state index in [4.69, 9.17) is 9.84 Å². The summed E-state index contributed by atoms with van der Waals surface area (Å²) >= 11 is 0. The van der Waals surface area contributed by atoms with Crippen molar-refractivity contribution in [1.82, 2.24) is 0 Å². The molecule has 0 aliphatic heterocycles. The van der Waals surface area contributed by atoms with E-state index in [2.05, 4.69) is 0 Å². The van der Waals surface area contributed by atoms with E-state index in [1.165, 1.54) is 18.2 Å². The Hall–Kier alpha value is -2.17. The first kappa shape index (κ1) is 13.9. The standard InChI is InChI=1S/C13H13FO4/c1-2-18-13(17)11-7-6-10(14)8-9(11)4-3-5-12(15)16/h3-4,6-8H,2,5H2,1H3,(H,15,16). The number of aliphatic carboxylic acids is 1. The second-order valence-electron chi connectivity index (χ2n) is 3.45. The number of carboxylic acid groups (broad SMARTS) is 1. The van der Waals surface area contributed by atoms with Gasteiger partial charge in [0.25, 0.3) is 0 Å². The molecule has 1 aromatic rings. The highest BCUT2D eigenvalue weighted by atomic mass is 19.1. The van der Waals surface area contributed by atoms with Gasteiger partial charge in [-0.2, -0.15) is 0 Å². The van der Waals surface area contributed by atoms with Crippen molar-refractivity contribution in [3.05, 3.63) is 41.2 Å². The van der Waals surface area contributed by atoms with Gasteiger partial charge in [0.2, 0.25) is 0 Å². The first-order chi connectivity index (χ1) is 8.54. The van der Waals surface area contributed by atoms with Gasteiger partial charge in [-0.1, -0.05) is 12.2 Å². The number of carbonyl (C=O) groups excluding carboxylic acids is 1. The average molecular weight is 252 g/mol. The van der Waals surface area contributed by atoms with Gasteiger partial charge in [0, 0.05) is 0 Å². The van der Waals surface area contributed by atoms with E-state index < -0.39 is 17.8 Å². The van der Waals surface area contributed by atoms with Crippen molar-refractivity contribution in [2.75, 3.05) is 6.61 Å². The quantitative estimate of drug-likeness (QED) is 0.818. The predicted molar refractivity (Wildman–Crippen MR) is 63.6 cm³/mol. The molecule has 1 rings (SSSR count).